The lowest BCUT2D eigenvalue weighted by Gasteiger charge is -2.29. The standard InChI is InChI=1S/C18H26N2O3/c1-3-19(4-2)18(22)16-11-8-13-20(16)17(21)12-14-23-15-9-6-5-7-10-15/h5-7,9-10,16H,3-4,8,11-14H2,1-2H3/t16-/m1/s1. The van der Waals surface area contributed by atoms with Gasteiger partial charge in [0, 0.05) is 19.6 Å². The van der Waals surface area contributed by atoms with E-state index in [9.17, 15) is 9.59 Å². The predicted molar refractivity (Wildman–Crippen MR) is 89.2 cm³/mol. The number of rotatable bonds is 7. The number of likely N-dealkylation sites (N-methyl/N-ethyl adjacent to an activating group) is 1. The molecule has 1 aliphatic rings. The minimum atomic E-state index is -0.292. The zero-order valence-corrected chi connectivity index (χ0v) is 14.0. The maximum Gasteiger partial charge on any atom is 0.245 e. The van der Waals surface area contributed by atoms with Crippen molar-refractivity contribution in [2.24, 2.45) is 0 Å². The average molecular weight is 318 g/mol. The van der Waals surface area contributed by atoms with Crippen LogP contribution in [0.1, 0.15) is 33.1 Å². The first-order chi connectivity index (χ1) is 11.2. The summed E-state index contributed by atoms with van der Waals surface area (Å²) < 4.78 is 5.58. The first-order valence-corrected chi connectivity index (χ1v) is 8.43. The van der Waals surface area contributed by atoms with Gasteiger partial charge < -0.3 is 14.5 Å². The molecule has 0 saturated carbocycles. The van der Waals surface area contributed by atoms with Gasteiger partial charge in [-0.25, -0.2) is 0 Å². The SMILES string of the molecule is CCN(CC)C(=O)[C@H]1CCCN1C(=O)CCOc1ccccc1. The van der Waals surface area contributed by atoms with Crippen molar-refractivity contribution in [3.05, 3.63) is 30.3 Å². The third-order valence-corrected chi connectivity index (χ3v) is 4.26. The molecule has 1 fully saturated rings. The molecule has 126 valence electrons. The Hall–Kier alpha value is -2.04. The lowest BCUT2D eigenvalue weighted by Crippen LogP contribution is -2.47. The summed E-state index contributed by atoms with van der Waals surface area (Å²) in [6.07, 6.45) is 1.96. The Bertz CT molecular complexity index is 514. The van der Waals surface area contributed by atoms with E-state index in [0.29, 0.717) is 32.7 Å². The quantitative estimate of drug-likeness (QED) is 0.775. The average Bonchev–Trinajstić information content (AvgIpc) is 3.06. The van der Waals surface area contributed by atoms with E-state index >= 15 is 0 Å². The predicted octanol–water partition coefficient (Wildman–Crippen LogP) is 2.31. The summed E-state index contributed by atoms with van der Waals surface area (Å²) in [5.41, 5.74) is 0. The molecule has 1 saturated heterocycles. The molecule has 1 aliphatic heterocycles. The van der Waals surface area contributed by atoms with Crippen LogP contribution in [0, 0.1) is 0 Å². The Balaban J connectivity index is 1.86. The van der Waals surface area contributed by atoms with E-state index in [1.165, 1.54) is 0 Å². The van der Waals surface area contributed by atoms with Gasteiger partial charge >= 0.3 is 0 Å². The van der Waals surface area contributed by atoms with Crippen LogP contribution in [0.3, 0.4) is 0 Å². The van der Waals surface area contributed by atoms with Gasteiger partial charge in [-0.3, -0.25) is 9.59 Å². The Morgan fingerprint density at radius 1 is 1.22 bits per heavy atom. The number of nitrogens with zero attached hydrogens (tertiary/aromatic N) is 2. The highest BCUT2D eigenvalue weighted by molar-refractivity contribution is 5.88. The fraction of sp³-hybridized carbons (Fsp3) is 0.556. The summed E-state index contributed by atoms with van der Waals surface area (Å²) in [7, 11) is 0. The summed E-state index contributed by atoms with van der Waals surface area (Å²) in [4.78, 5) is 28.5. The number of benzene rings is 1. The Kier molecular flexibility index (Phi) is 6.44. The van der Waals surface area contributed by atoms with E-state index in [2.05, 4.69) is 0 Å². The lowest BCUT2D eigenvalue weighted by atomic mass is 10.2. The number of carbonyl (C=O) groups excluding carboxylic acids is 2. The lowest BCUT2D eigenvalue weighted by molar-refractivity contribution is -0.143. The van der Waals surface area contributed by atoms with E-state index in [4.69, 9.17) is 4.74 Å². The first kappa shape index (κ1) is 17.3. The van der Waals surface area contributed by atoms with Crippen LogP contribution >= 0.6 is 0 Å². The van der Waals surface area contributed by atoms with Crippen molar-refractivity contribution in [3.63, 3.8) is 0 Å². The molecule has 5 nitrogen and oxygen atoms in total. The molecule has 0 unspecified atom stereocenters. The van der Waals surface area contributed by atoms with Crippen LogP contribution in [-0.2, 0) is 9.59 Å². The van der Waals surface area contributed by atoms with Gasteiger partial charge in [-0.05, 0) is 38.8 Å². The van der Waals surface area contributed by atoms with Crippen molar-refractivity contribution in [3.8, 4) is 5.75 Å². The van der Waals surface area contributed by atoms with Crippen molar-refractivity contribution in [1.82, 2.24) is 9.80 Å². The Morgan fingerprint density at radius 3 is 2.57 bits per heavy atom. The minimum Gasteiger partial charge on any atom is -0.493 e. The fourth-order valence-corrected chi connectivity index (χ4v) is 2.98. The summed E-state index contributed by atoms with van der Waals surface area (Å²) in [5, 5.41) is 0. The number of amides is 2. The van der Waals surface area contributed by atoms with Crippen molar-refractivity contribution >= 4 is 11.8 Å². The van der Waals surface area contributed by atoms with Crippen LogP contribution in [0.15, 0.2) is 30.3 Å². The van der Waals surface area contributed by atoms with Crippen molar-refractivity contribution in [1.29, 1.82) is 0 Å². The number of carbonyl (C=O) groups is 2. The summed E-state index contributed by atoms with van der Waals surface area (Å²) in [6, 6.07) is 9.16. The highest BCUT2D eigenvalue weighted by Crippen LogP contribution is 2.20. The highest BCUT2D eigenvalue weighted by atomic mass is 16.5. The molecule has 0 spiro atoms. The van der Waals surface area contributed by atoms with Gasteiger partial charge in [-0.1, -0.05) is 18.2 Å². The number of hydrogen-bond acceptors (Lipinski definition) is 3. The summed E-state index contributed by atoms with van der Waals surface area (Å²) >= 11 is 0. The van der Waals surface area contributed by atoms with Crippen LogP contribution in [0.4, 0.5) is 0 Å². The van der Waals surface area contributed by atoms with Crippen LogP contribution in [0.5, 0.6) is 5.75 Å². The molecule has 23 heavy (non-hydrogen) atoms. The molecule has 5 heteroatoms. The first-order valence-electron chi connectivity index (χ1n) is 8.43. The third kappa shape index (κ3) is 4.47. The van der Waals surface area contributed by atoms with Gasteiger partial charge in [0.15, 0.2) is 0 Å². The Labute approximate surface area is 138 Å². The van der Waals surface area contributed by atoms with E-state index in [1.807, 2.05) is 44.2 Å². The van der Waals surface area contributed by atoms with Gasteiger partial charge in [-0.15, -0.1) is 0 Å². The molecule has 0 N–H and O–H groups in total. The second-order valence-corrected chi connectivity index (χ2v) is 5.67. The summed E-state index contributed by atoms with van der Waals surface area (Å²) in [5.74, 6) is 0.839. The fourth-order valence-electron chi connectivity index (χ4n) is 2.98. The zero-order chi connectivity index (χ0) is 16.7. The van der Waals surface area contributed by atoms with Gasteiger partial charge in [0.1, 0.15) is 11.8 Å². The molecular weight excluding hydrogens is 292 g/mol. The second-order valence-electron chi connectivity index (χ2n) is 5.67. The molecule has 1 aromatic rings. The van der Waals surface area contributed by atoms with Crippen molar-refractivity contribution < 1.29 is 14.3 Å². The number of ether oxygens (including phenoxy) is 1. The van der Waals surface area contributed by atoms with Gasteiger partial charge in [0.25, 0.3) is 0 Å². The van der Waals surface area contributed by atoms with E-state index in [0.717, 1.165) is 18.6 Å². The van der Waals surface area contributed by atoms with E-state index in [-0.39, 0.29) is 17.9 Å². The molecule has 2 rings (SSSR count). The monoisotopic (exact) mass is 318 g/mol. The minimum absolute atomic E-state index is 0.00365. The van der Waals surface area contributed by atoms with Crippen molar-refractivity contribution in [2.75, 3.05) is 26.2 Å². The third-order valence-electron chi connectivity index (χ3n) is 4.26. The van der Waals surface area contributed by atoms with Crippen molar-refractivity contribution in [2.45, 2.75) is 39.2 Å². The molecule has 0 aliphatic carbocycles. The second kappa shape index (κ2) is 8.56. The molecule has 1 heterocycles. The molecule has 0 aromatic heterocycles. The number of para-hydroxylation sites is 1. The van der Waals surface area contributed by atoms with Crippen LogP contribution < -0.4 is 4.74 Å². The number of hydrogen-bond donors (Lipinski definition) is 0. The van der Waals surface area contributed by atoms with E-state index in [1.54, 1.807) is 9.80 Å². The van der Waals surface area contributed by atoms with Crippen LogP contribution in [0.25, 0.3) is 0 Å². The smallest absolute Gasteiger partial charge is 0.245 e. The van der Waals surface area contributed by atoms with Gasteiger partial charge in [0.05, 0.1) is 13.0 Å². The van der Waals surface area contributed by atoms with Gasteiger partial charge in [-0.2, -0.15) is 0 Å². The molecule has 0 bridgehead atoms. The van der Waals surface area contributed by atoms with Gasteiger partial charge in [0.2, 0.25) is 11.8 Å². The number of likely N-dealkylation sites (tertiary alicyclic amines) is 1. The summed E-state index contributed by atoms with van der Waals surface area (Å²) in [6.45, 7) is 6.32. The maximum absolute atomic E-state index is 12.5. The van der Waals surface area contributed by atoms with Crippen LogP contribution in [0.2, 0.25) is 0 Å². The molecule has 1 aromatic carbocycles. The molecular formula is C18H26N2O3. The Morgan fingerprint density at radius 2 is 1.91 bits per heavy atom. The molecule has 1 atom stereocenters. The highest BCUT2D eigenvalue weighted by Gasteiger charge is 2.35. The normalized spacial score (nSPS) is 17.1. The molecule has 2 amide bonds. The maximum atomic E-state index is 12.5. The van der Waals surface area contributed by atoms with Crippen LogP contribution in [-0.4, -0.2) is 53.9 Å². The molecule has 0 radical (unpaired) electrons. The topological polar surface area (TPSA) is 49.9 Å². The zero-order valence-electron chi connectivity index (χ0n) is 14.0. The van der Waals surface area contributed by atoms with E-state index < -0.39 is 0 Å². The largest absolute Gasteiger partial charge is 0.493 e.